The molecule has 0 saturated carbocycles. The van der Waals surface area contributed by atoms with E-state index in [-0.39, 0.29) is 11.6 Å². The molecule has 1 aromatic carbocycles. The van der Waals surface area contributed by atoms with Gasteiger partial charge in [-0.05, 0) is 56.5 Å². The summed E-state index contributed by atoms with van der Waals surface area (Å²) in [5.74, 6) is 0. The predicted octanol–water partition coefficient (Wildman–Crippen LogP) is 4.20. The van der Waals surface area contributed by atoms with Crippen molar-refractivity contribution in [2.24, 2.45) is 5.73 Å². The number of rotatable bonds is 7. The Hall–Kier alpha value is -0.860. The maximum atomic E-state index is 6.78. The molecule has 2 N–H and O–H groups in total. The van der Waals surface area contributed by atoms with E-state index in [1.54, 1.807) is 0 Å². The SMILES string of the molecule is CCN(CC)C(CC)(CC)C(N)c1cccc(C)c1C. The summed E-state index contributed by atoms with van der Waals surface area (Å²) >= 11 is 0. The first-order valence-corrected chi connectivity index (χ1v) is 8.05. The third-order valence-corrected chi connectivity index (χ3v) is 5.18. The maximum absolute atomic E-state index is 6.78. The minimum atomic E-state index is 0.0576. The maximum Gasteiger partial charge on any atom is 0.0484 e. The van der Waals surface area contributed by atoms with Crippen LogP contribution in [-0.4, -0.2) is 23.5 Å². The normalized spacial score (nSPS) is 13.8. The number of benzene rings is 1. The number of nitrogens with zero attached hydrogens (tertiary/aromatic N) is 1. The highest BCUT2D eigenvalue weighted by molar-refractivity contribution is 5.37. The fraction of sp³-hybridized carbons (Fsp3) is 0.667. The minimum Gasteiger partial charge on any atom is -0.322 e. The molecule has 0 heterocycles. The van der Waals surface area contributed by atoms with Gasteiger partial charge in [0.1, 0.15) is 0 Å². The topological polar surface area (TPSA) is 29.3 Å². The van der Waals surface area contributed by atoms with Gasteiger partial charge in [0.25, 0.3) is 0 Å². The molecule has 1 rings (SSSR count). The van der Waals surface area contributed by atoms with Crippen LogP contribution in [-0.2, 0) is 0 Å². The first-order valence-electron chi connectivity index (χ1n) is 8.05. The molecule has 0 fully saturated rings. The standard InChI is InChI=1S/C18H32N2/c1-7-18(8-2,20(9-3)10-4)17(19)16-13-11-12-14(5)15(16)6/h11-13,17H,7-10,19H2,1-6H3. The van der Waals surface area contributed by atoms with E-state index in [2.05, 4.69) is 64.6 Å². The van der Waals surface area contributed by atoms with E-state index >= 15 is 0 Å². The van der Waals surface area contributed by atoms with Crippen molar-refractivity contribution in [2.75, 3.05) is 13.1 Å². The summed E-state index contributed by atoms with van der Waals surface area (Å²) in [6.45, 7) is 15.5. The highest BCUT2D eigenvalue weighted by Crippen LogP contribution is 2.37. The van der Waals surface area contributed by atoms with E-state index in [1.807, 2.05) is 0 Å². The molecule has 0 aromatic heterocycles. The fourth-order valence-electron chi connectivity index (χ4n) is 3.59. The van der Waals surface area contributed by atoms with E-state index in [0.717, 1.165) is 25.9 Å². The molecule has 2 heteroatoms. The van der Waals surface area contributed by atoms with Crippen molar-refractivity contribution in [1.82, 2.24) is 4.90 Å². The Morgan fingerprint density at radius 2 is 1.60 bits per heavy atom. The Bertz CT molecular complexity index is 417. The lowest BCUT2D eigenvalue weighted by Gasteiger charge is -2.47. The summed E-state index contributed by atoms with van der Waals surface area (Å²) in [5.41, 5.74) is 10.8. The second-order valence-corrected chi connectivity index (χ2v) is 5.75. The van der Waals surface area contributed by atoms with Crippen LogP contribution in [0.5, 0.6) is 0 Å². The molecule has 1 unspecified atom stereocenters. The van der Waals surface area contributed by atoms with Crippen molar-refractivity contribution in [3.05, 3.63) is 34.9 Å². The van der Waals surface area contributed by atoms with Gasteiger partial charge in [0.2, 0.25) is 0 Å². The van der Waals surface area contributed by atoms with Crippen LogP contribution in [0.15, 0.2) is 18.2 Å². The molecule has 1 atom stereocenters. The van der Waals surface area contributed by atoms with Gasteiger partial charge in [-0.1, -0.05) is 45.9 Å². The molecule has 114 valence electrons. The Labute approximate surface area is 125 Å². The number of aryl methyl sites for hydroxylation is 1. The van der Waals surface area contributed by atoms with Crippen molar-refractivity contribution < 1.29 is 0 Å². The van der Waals surface area contributed by atoms with Crippen molar-refractivity contribution >= 4 is 0 Å². The zero-order valence-corrected chi connectivity index (χ0v) is 14.2. The molecule has 0 aliphatic rings. The van der Waals surface area contributed by atoms with Gasteiger partial charge in [-0.2, -0.15) is 0 Å². The summed E-state index contributed by atoms with van der Waals surface area (Å²) in [5, 5.41) is 0. The molecule has 20 heavy (non-hydrogen) atoms. The molecule has 1 aromatic rings. The average molecular weight is 276 g/mol. The van der Waals surface area contributed by atoms with Crippen LogP contribution >= 0.6 is 0 Å². The van der Waals surface area contributed by atoms with Gasteiger partial charge in [-0.25, -0.2) is 0 Å². The Morgan fingerprint density at radius 1 is 1.05 bits per heavy atom. The lowest BCUT2D eigenvalue weighted by atomic mass is 9.78. The van der Waals surface area contributed by atoms with Gasteiger partial charge in [0.05, 0.1) is 0 Å². The van der Waals surface area contributed by atoms with Crippen LogP contribution in [0.1, 0.15) is 63.3 Å². The van der Waals surface area contributed by atoms with Gasteiger partial charge in [0, 0.05) is 11.6 Å². The van der Waals surface area contributed by atoms with Gasteiger partial charge in [0.15, 0.2) is 0 Å². The third kappa shape index (κ3) is 2.91. The van der Waals surface area contributed by atoms with E-state index in [9.17, 15) is 0 Å². The zero-order valence-electron chi connectivity index (χ0n) is 14.2. The van der Waals surface area contributed by atoms with Crippen LogP contribution in [0.2, 0.25) is 0 Å². The Morgan fingerprint density at radius 3 is 2.05 bits per heavy atom. The van der Waals surface area contributed by atoms with Crippen LogP contribution in [0.25, 0.3) is 0 Å². The summed E-state index contributed by atoms with van der Waals surface area (Å²) in [6.07, 6.45) is 2.17. The molecule has 0 radical (unpaired) electrons. The molecule has 0 aliphatic heterocycles. The summed E-state index contributed by atoms with van der Waals surface area (Å²) < 4.78 is 0. The highest BCUT2D eigenvalue weighted by atomic mass is 15.2. The lowest BCUT2D eigenvalue weighted by molar-refractivity contribution is 0.0623. The molecule has 0 saturated heterocycles. The van der Waals surface area contributed by atoms with E-state index in [1.165, 1.54) is 16.7 Å². The van der Waals surface area contributed by atoms with Crippen LogP contribution < -0.4 is 5.73 Å². The number of nitrogens with two attached hydrogens (primary N) is 1. The Kier molecular flexibility index (Phi) is 6.22. The van der Waals surface area contributed by atoms with Crippen molar-refractivity contribution in [3.8, 4) is 0 Å². The third-order valence-electron chi connectivity index (χ3n) is 5.18. The fourth-order valence-corrected chi connectivity index (χ4v) is 3.59. The molecule has 0 amide bonds. The summed E-state index contributed by atoms with van der Waals surface area (Å²) in [6, 6.07) is 6.58. The number of hydrogen-bond acceptors (Lipinski definition) is 2. The second-order valence-electron chi connectivity index (χ2n) is 5.75. The summed E-state index contributed by atoms with van der Waals surface area (Å²) in [7, 11) is 0. The van der Waals surface area contributed by atoms with Gasteiger partial charge < -0.3 is 5.73 Å². The zero-order chi connectivity index (χ0) is 15.3. The summed E-state index contributed by atoms with van der Waals surface area (Å²) in [4.78, 5) is 2.54. The number of likely N-dealkylation sites (N-methyl/N-ethyl adjacent to an activating group) is 1. The lowest BCUT2D eigenvalue weighted by Crippen LogP contribution is -2.55. The van der Waals surface area contributed by atoms with Crippen molar-refractivity contribution in [1.29, 1.82) is 0 Å². The van der Waals surface area contributed by atoms with E-state index in [4.69, 9.17) is 5.73 Å². The van der Waals surface area contributed by atoms with Crippen molar-refractivity contribution in [2.45, 2.75) is 66.0 Å². The molecule has 0 aliphatic carbocycles. The minimum absolute atomic E-state index is 0.0576. The van der Waals surface area contributed by atoms with Gasteiger partial charge >= 0.3 is 0 Å². The molecule has 0 bridgehead atoms. The second kappa shape index (κ2) is 7.24. The van der Waals surface area contributed by atoms with Gasteiger partial charge in [-0.3, -0.25) is 4.90 Å². The predicted molar refractivity (Wildman–Crippen MR) is 89.1 cm³/mol. The highest BCUT2D eigenvalue weighted by Gasteiger charge is 2.39. The van der Waals surface area contributed by atoms with Crippen molar-refractivity contribution in [3.63, 3.8) is 0 Å². The first kappa shape index (κ1) is 17.2. The van der Waals surface area contributed by atoms with Gasteiger partial charge in [-0.15, -0.1) is 0 Å². The Balaban J connectivity index is 3.30. The van der Waals surface area contributed by atoms with Crippen LogP contribution in [0.3, 0.4) is 0 Å². The smallest absolute Gasteiger partial charge is 0.0484 e. The quantitative estimate of drug-likeness (QED) is 0.808. The molecular weight excluding hydrogens is 244 g/mol. The monoisotopic (exact) mass is 276 g/mol. The van der Waals surface area contributed by atoms with E-state index < -0.39 is 0 Å². The first-order chi connectivity index (χ1) is 9.48. The van der Waals surface area contributed by atoms with Crippen LogP contribution in [0.4, 0.5) is 0 Å². The molecule has 0 spiro atoms. The molecular formula is C18H32N2. The van der Waals surface area contributed by atoms with E-state index in [0.29, 0.717) is 0 Å². The molecule has 2 nitrogen and oxygen atoms in total. The average Bonchev–Trinajstić information content (AvgIpc) is 2.47. The largest absolute Gasteiger partial charge is 0.322 e. The number of hydrogen-bond donors (Lipinski definition) is 1. The van der Waals surface area contributed by atoms with Crippen LogP contribution in [0, 0.1) is 13.8 Å².